The monoisotopic (exact) mass is 868 g/mol. The van der Waals surface area contributed by atoms with Gasteiger partial charge in [-0.05, 0) is 112 Å². The Kier molecular flexibility index (Phi) is 14.3. The lowest BCUT2D eigenvalue weighted by Gasteiger charge is -2.40. The third kappa shape index (κ3) is 10.5. The molecule has 4 aromatic rings. The summed E-state index contributed by atoms with van der Waals surface area (Å²) in [5, 5.41) is 20.3. The number of nitro groups is 1. The van der Waals surface area contributed by atoms with E-state index in [1.165, 1.54) is 50.7 Å². The van der Waals surface area contributed by atoms with E-state index in [1.807, 2.05) is 37.5 Å². The number of alkyl halides is 1. The Labute approximate surface area is 371 Å². The molecular formula is C48H65FN8O4S. The number of allylic oxidation sites excluding steroid dienone is 1. The zero-order chi connectivity index (χ0) is 44.2. The summed E-state index contributed by atoms with van der Waals surface area (Å²) in [6.07, 6.45) is 11.8. The Morgan fingerprint density at radius 1 is 1.05 bits per heavy atom. The number of pyridine rings is 1. The molecule has 2 aliphatic carbocycles. The number of carbonyl (C=O) groups is 1. The number of aromatic amines is 1. The molecule has 0 bridgehead atoms. The highest BCUT2D eigenvalue weighted by Gasteiger charge is 2.38. The smallest absolute Gasteiger partial charge is 0.293 e. The molecule has 0 spiro atoms. The fourth-order valence-corrected chi connectivity index (χ4v) is 10.3. The normalized spacial score (nSPS) is 22.9. The molecule has 1 saturated carbocycles. The molecule has 2 saturated heterocycles. The van der Waals surface area contributed by atoms with Crippen LogP contribution in [0.4, 0.5) is 21.5 Å². The van der Waals surface area contributed by atoms with Gasteiger partial charge in [-0.2, -0.15) is 0 Å². The van der Waals surface area contributed by atoms with E-state index in [2.05, 4.69) is 75.6 Å². The number of benzene rings is 2. The third-order valence-electron chi connectivity index (χ3n) is 14.2. The van der Waals surface area contributed by atoms with E-state index in [9.17, 15) is 14.9 Å². The van der Waals surface area contributed by atoms with Gasteiger partial charge in [-0.25, -0.2) is 9.37 Å². The Bertz CT molecular complexity index is 2250. The second-order valence-electron chi connectivity index (χ2n) is 19.0. The van der Waals surface area contributed by atoms with Gasteiger partial charge < -0.3 is 24.8 Å². The maximum absolute atomic E-state index is 15.5. The van der Waals surface area contributed by atoms with Crippen molar-refractivity contribution in [3.63, 3.8) is 0 Å². The number of rotatable bonds is 13. The number of ether oxygens (including phenoxy) is 1. The van der Waals surface area contributed by atoms with Crippen LogP contribution in [0.1, 0.15) is 95.0 Å². The zero-order valence-corrected chi connectivity index (χ0v) is 38.0. The van der Waals surface area contributed by atoms with Gasteiger partial charge in [0.2, 0.25) is 0 Å². The van der Waals surface area contributed by atoms with Gasteiger partial charge >= 0.3 is 0 Å². The van der Waals surface area contributed by atoms with Crippen LogP contribution in [0.5, 0.6) is 11.5 Å². The molecular weight excluding hydrogens is 804 g/mol. The third-order valence-corrected chi connectivity index (χ3v) is 14.2. The molecule has 334 valence electrons. The Morgan fingerprint density at radius 3 is 2.52 bits per heavy atom. The van der Waals surface area contributed by atoms with Crippen molar-refractivity contribution in [1.82, 2.24) is 19.8 Å². The molecule has 4 N–H and O–H groups in total. The van der Waals surface area contributed by atoms with Crippen molar-refractivity contribution < 1.29 is 18.8 Å². The lowest BCUT2D eigenvalue weighted by Crippen LogP contribution is -2.47. The lowest BCUT2D eigenvalue weighted by molar-refractivity contribution is -0.384. The standard InChI is InChI=1S/C48H62FN7O4.H3NS/c1-6-33-24-37(23-32(33)2)41-28-47(3,4)13-11-36(41)30-54-19-21-55(22-20-54)38-8-9-40(44(27-38)60-39-25-35-12-16-50-46(35)51-29-39)45(57)34-7-10-42(43(26-34)56(58)59)52-31-48(49)14-17-53(5)18-15-48;1-2/h7-10,12,16,25-27,29,32-33,37,52H,6,11,13-15,17-24,28,30-31H2,1-5H3,(H,50,51);2H,1H2. The van der Waals surface area contributed by atoms with Crippen molar-refractivity contribution in [1.29, 1.82) is 0 Å². The number of piperazine rings is 1. The minimum atomic E-state index is -1.46. The largest absolute Gasteiger partial charge is 0.455 e. The molecule has 14 heteroatoms. The van der Waals surface area contributed by atoms with E-state index in [4.69, 9.17) is 4.74 Å². The summed E-state index contributed by atoms with van der Waals surface area (Å²) in [4.78, 5) is 40.7. The van der Waals surface area contributed by atoms with Crippen LogP contribution in [0.2, 0.25) is 0 Å². The van der Waals surface area contributed by atoms with Crippen LogP contribution in [0, 0.1) is 33.3 Å². The molecule has 12 nitrogen and oxygen atoms in total. The van der Waals surface area contributed by atoms with Crippen molar-refractivity contribution in [3.05, 3.63) is 93.3 Å². The number of nitrogens with zero attached hydrogens (tertiary/aromatic N) is 5. The first kappa shape index (κ1) is 45.5. The number of anilines is 2. The summed E-state index contributed by atoms with van der Waals surface area (Å²) < 4.78 is 22.0. The van der Waals surface area contributed by atoms with Gasteiger partial charge in [0.25, 0.3) is 5.69 Å². The number of H-pyrrole nitrogens is 1. The van der Waals surface area contributed by atoms with Crippen LogP contribution < -0.4 is 20.1 Å². The predicted molar refractivity (Wildman–Crippen MR) is 250 cm³/mol. The predicted octanol–water partition coefficient (Wildman–Crippen LogP) is 9.83. The lowest BCUT2D eigenvalue weighted by atomic mass is 9.70. The quantitative estimate of drug-likeness (QED) is 0.0337. The van der Waals surface area contributed by atoms with Crippen LogP contribution >= 0.6 is 12.8 Å². The Hall–Kier alpha value is -4.50. The Balaban J connectivity index is 0.00000285. The average molecular weight is 869 g/mol. The van der Waals surface area contributed by atoms with E-state index in [0.717, 1.165) is 67.2 Å². The van der Waals surface area contributed by atoms with Crippen LogP contribution in [-0.2, 0) is 0 Å². The van der Waals surface area contributed by atoms with E-state index in [-0.39, 0.29) is 29.0 Å². The summed E-state index contributed by atoms with van der Waals surface area (Å²) >= 11 is 3.03. The molecule has 4 aliphatic rings. The number of ketones is 1. The number of nitrogens with one attached hydrogen (secondary N) is 2. The van der Waals surface area contributed by atoms with Crippen molar-refractivity contribution in [2.75, 3.05) is 69.6 Å². The minimum absolute atomic E-state index is 0.0430. The van der Waals surface area contributed by atoms with E-state index in [1.54, 1.807) is 29.5 Å². The molecule has 3 fully saturated rings. The number of thiol groups is 1. The highest BCUT2D eigenvalue weighted by Crippen LogP contribution is 2.49. The van der Waals surface area contributed by atoms with Crippen LogP contribution in [0.25, 0.3) is 11.0 Å². The number of nitro benzene ring substituents is 1. The topological polar surface area (TPSA) is 146 Å². The van der Waals surface area contributed by atoms with Crippen molar-refractivity contribution >= 4 is 46.7 Å². The fourth-order valence-electron chi connectivity index (χ4n) is 10.3. The number of halogens is 1. The maximum atomic E-state index is 15.5. The molecule has 3 atom stereocenters. The molecule has 0 radical (unpaired) electrons. The van der Waals surface area contributed by atoms with Gasteiger partial charge in [0, 0.05) is 87.3 Å². The van der Waals surface area contributed by atoms with Crippen molar-refractivity contribution in [2.24, 2.45) is 28.3 Å². The summed E-state index contributed by atoms with van der Waals surface area (Å²) in [6.45, 7) is 15.5. The number of likely N-dealkylation sites (tertiary alicyclic amines) is 1. The molecule has 2 aromatic heterocycles. The van der Waals surface area contributed by atoms with Crippen LogP contribution in [-0.4, -0.2) is 95.5 Å². The molecule has 0 amide bonds. The number of piperidine rings is 1. The number of fused-ring (bicyclic) bond motifs is 1. The van der Waals surface area contributed by atoms with E-state index < -0.39 is 16.4 Å². The van der Waals surface area contributed by atoms with Crippen LogP contribution in [0.3, 0.4) is 0 Å². The number of aromatic nitrogens is 2. The van der Waals surface area contributed by atoms with Gasteiger partial charge in [-0.1, -0.05) is 45.3 Å². The zero-order valence-electron chi connectivity index (χ0n) is 37.1. The number of hydrogen-bond donors (Lipinski definition) is 4. The number of nitrogens with two attached hydrogens (primary N) is 1. The maximum Gasteiger partial charge on any atom is 0.293 e. The molecule has 2 aliphatic heterocycles. The number of carbonyl (C=O) groups excluding carboxylic acids is 1. The molecule has 62 heavy (non-hydrogen) atoms. The van der Waals surface area contributed by atoms with Crippen molar-refractivity contribution in [3.8, 4) is 11.5 Å². The minimum Gasteiger partial charge on any atom is -0.455 e. The van der Waals surface area contributed by atoms with Crippen LogP contribution in [0.15, 0.2) is 72.1 Å². The van der Waals surface area contributed by atoms with Gasteiger partial charge in [-0.3, -0.25) is 24.9 Å². The van der Waals surface area contributed by atoms with Gasteiger partial charge in [0.05, 0.1) is 16.7 Å². The van der Waals surface area contributed by atoms with E-state index in [0.29, 0.717) is 42.8 Å². The SMILES string of the molecule is CCC1CC(C2=C(CN3CCN(c4ccc(C(=O)c5ccc(NCC6(F)CCN(C)CC6)c([N+](=O)[O-])c5)c(Oc5cnc6[nH]ccc6c5)c4)CC3)CCC(C)(C)C2)CC1C.NS. The average Bonchev–Trinajstić information content (AvgIpc) is 3.91. The molecule has 4 heterocycles. The Morgan fingerprint density at radius 2 is 1.81 bits per heavy atom. The highest BCUT2D eigenvalue weighted by atomic mass is 32.1. The first-order valence-electron chi connectivity index (χ1n) is 22.4. The number of hydrogen-bond acceptors (Lipinski definition) is 11. The molecule has 2 aromatic carbocycles. The van der Waals surface area contributed by atoms with Crippen molar-refractivity contribution in [2.45, 2.75) is 84.7 Å². The molecule has 8 rings (SSSR count). The van der Waals surface area contributed by atoms with Gasteiger partial charge in [0.1, 0.15) is 28.5 Å². The van der Waals surface area contributed by atoms with E-state index >= 15 is 4.39 Å². The fraction of sp³-hybridized carbons (Fsp3) is 0.542. The first-order valence-corrected chi connectivity index (χ1v) is 22.9. The molecule has 3 unspecified atom stereocenters. The summed E-state index contributed by atoms with van der Waals surface area (Å²) in [7, 11) is 1.96. The van der Waals surface area contributed by atoms with Gasteiger partial charge in [-0.15, -0.1) is 12.8 Å². The highest BCUT2D eigenvalue weighted by molar-refractivity contribution is 7.77. The summed E-state index contributed by atoms with van der Waals surface area (Å²) in [6, 6.07) is 13.7. The van der Waals surface area contributed by atoms with Gasteiger partial charge in [0.15, 0.2) is 5.78 Å². The second-order valence-corrected chi connectivity index (χ2v) is 19.0. The summed E-state index contributed by atoms with van der Waals surface area (Å²) in [5.74, 6) is 2.78. The second kappa shape index (κ2) is 19.5. The first-order chi connectivity index (χ1) is 29.8. The summed E-state index contributed by atoms with van der Waals surface area (Å²) in [5.41, 5.74) is 4.36.